The van der Waals surface area contributed by atoms with Crippen molar-refractivity contribution in [2.75, 3.05) is 13.2 Å². The Morgan fingerprint density at radius 3 is 2.64 bits per heavy atom. The first-order valence-corrected chi connectivity index (χ1v) is 9.00. The van der Waals surface area contributed by atoms with Crippen LogP contribution < -0.4 is 14.8 Å². The van der Waals surface area contributed by atoms with E-state index in [2.05, 4.69) is 20.4 Å². The third-order valence-electron chi connectivity index (χ3n) is 3.77. The number of hydrogen-bond acceptors (Lipinski definition) is 7. The van der Waals surface area contributed by atoms with Crippen molar-refractivity contribution < 1.29 is 18.8 Å². The summed E-state index contributed by atoms with van der Waals surface area (Å²) in [6.07, 6.45) is 2.38. The van der Waals surface area contributed by atoms with Gasteiger partial charge < -0.3 is 19.3 Å². The van der Waals surface area contributed by atoms with E-state index in [0.29, 0.717) is 43.8 Å². The van der Waals surface area contributed by atoms with Crippen LogP contribution in [0.4, 0.5) is 0 Å². The maximum Gasteiger partial charge on any atom is 0.227 e. The van der Waals surface area contributed by atoms with Crippen molar-refractivity contribution in [3.63, 3.8) is 0 Å². The molecular weight excluding hydrogens is 360 g/mol. The number of aryl methyl sites for hydroxylation is 2. The molecular formula is C20H22N4O4. The first kappa shape index (κ1) is 19.3. The van der Waals surface area contributed by atoms with Crippen LogP contribution in [0.15, 0.2) is 53.2 Å². The number of rotatable bonds is 10. The predicted octanol–water partition coefficient (Wildman–Crippen LogP) is 2.48. The topological polar surface area (TPSA) is 99.4 Å². The van der Waals surface area contributed by atoms with Gasteiger partial charge in [0.15, 0.2) is 5.82 Å². The highest BCUT2D eigenvalue weighted by molar-refractivity contribution is 5.75. The summed E-state index contributed by atoms with van der Waals surface area (Å²) in [5.41, 5.74) is 0.884. The molecule has 0 aliphatic carbocycles. The Morgan fingerprint density at radius 1 is 1.11 bits per heavy atom. The van der Waals surface area contributed by atoms with Crippen molar-refractivity contribution in [1.29, 1.82) is 0 Å². The van der Waals surface area contributed by atoms with Crippen LogP contribution >= 0.6 is 0 Å². The standard InChI is InChI=1S/C20H22N4O4/c1-15-23-20(28-24-15)10-8-18(25)21-13-16-7-9-19(22-14-16)27-12-11-26-17-5-3-2-4-6-17/h2-7,9,14H,8,10-13H2,1H3,(H,21,25). The Labute approximate surface area is 162 Å². The Kier molecular flexibility index (Phi) is 6.95. The van der Waals surface area contributed by atoms with Gasteiger partial charge >= 0.3 is 0 Å². The highest BCUT2D eigenvalue weighted by atomic mass is 16.5. The monoisotopic (exact) mass is 382 g/mol. The van der Waals surface area contributed by atoms with Crippen LogP contribution in [0.3, 0.4) is 0 Å². The third kappa shape index (κ3) is 6.39. The molecule has 0 radical (unpaired) electrons. The molecule has 8 nitrogen and oxygen atoms in total. The van der Waals surface area contributed by atoms with Crippen LogP contribution in [0, 0.1) is 6.92 Å². The number of hydrogen-bond donors (Lipinski definition) is 1. The maximum absolute atomic E-state index is 11.9. The first-order chi connectivity index (χ1) is 13.7. The van der Waals surface area contributed by atoms with Crippen molar-refractivity contribution in [1.82, 2.24) is 20.4 Å². The third-order valence-corrected chi connectivity index (χ3v) is 3.77. The normalized spacial score (nSPS) is 10.5. The number of nitrogens with zero attached hydrogens (tertiary/aromatic N) is 3. The molecule has 8 heteroatoms. The minimum Gasteiger partial charge on any atom is -0.490 e. The molecule has 28 heavy (non-hydrogen) atoms. The molecule has 0 bridgehead atoms. The molecule has 0 saturated carbocycles. The smallest absolute Gasteiger partial charge is 0.227 e. The zero-order valence-electron chi connectivity index (χ0n) is 15.6. The predicted molar refractivity (Wildman–Crippen MR) is 101 cm³/mol. The number of carbonyl (C=O) groups excluding carboxylic acids is 1. The summed E-state index contributed by atoms with van der Waals surface area (Å²) in [7, 11) is 0. The molecule has 0 unspecified atom stereocenters. The lowest BCUT2D eigenvalue weighted by Gasteiger charge is -2.08. The maximum atomic E-state index is 11.9. The van der Waals surface area contributed by atoms with E-state index in [1.165, 1.54) is 0 Å². The van der Waals surface area contributed by atoms with Gasteiger partial charge in [-0.25, -0.2) is 4.98 Å². The summed E-state index contributed by atoms with van der Waals surface area (Å²) in [4.78, 5) is 20.2. The van der Waals surface area contributed by atoms with Gasteiger partial charge in [0.05, 0.1) is 0 Å². The van der Waals surface area contributed by atoms with E-state index in [9.17, 15) is 4.79 Å². The lowest BCUT2D eigenvalue weighted by atomic mass is 10.2. The van der Waals surface area contributed by atoms with E-state index >= 15 is 0 Å². The molecule has 3 rings (SSSR count). The van der Waals surface area contributed by atoms with Crippen LogP contribution in [-0.4, -0.2) is 34.2 Å². The van der Waals surface area contributed by atoms with Gasteiger partial charge in [-0.1, -0.05) is 29.4 Å². The number of nitrogens with one attached hydrogen (secondary N) is 1. The average molecular weight is 382 g/mol. The Hall–Kier alpha value is -3.42. The lowest BCUT2D eigenvalue weighted by molar-refractivity contribution is -0.121. The van der Waals surface area contributed by atoms with Gasteiger partial charge in [0.2, 0.25) is 17.7 Å². The summed E-state index contributed by atoms with van der Waals surface area (Å²) in [6.45, 7) is 2.96. The molecule has 2 aromatic heterocycles. The number of pyridine rings is 1. The van der Waals surface area contributed by atoms with Crippen LogP contribution in [0.5, 0.6) is 11.6 Å². The number of carbonyl (C=O) groups is 1. The molecule has 0 atom stereocenters. The molecule has 0 saturated heterocycles. The second kappa shape index (κ2) is 10.1. The average Bonchev–Trinajstić information content (AvgIpc) is 3.15. The van der Waals surface area contributed by atoms with E-state index < -0.39 is 0 Å². The fourth-order valence-electron chi connectivity index (χ4n) is 2.37. The fourth-order valence-corrected chi connectivity index (χ4v) is 2.37. The van der Waals surface area contributed by atoms with Crippen LogP contribution in [0.25, 0.3) is 0 Å². The number of amides is 1. The number of aromatic nitrogens is 3. The Bertz CT molecular complexity index is 865. The molecule has 2 heterocycles. The summed E-state index contributed by atoms with van der Waals surface area (Å²) in [5, 5.41) is 6.53. The minimum atomic E-state index is -0.0887. The van der Waals surface area contributed by atoms with Gasteiger partial charge in [0, 0.05) is 31.6 Å². The van der Waals surface area contributed by atoms with Gasteiger partial charge in [-0.15, -0.1) is 0 Å². The molecule has 3 aromatic rings. The van der Waals surface area contributed by atoms with E-state index in [4.69, 9.17) is 14.0 Å². The molecule has 1 aromatic carbocycles. The molecule has 0 fully saturated rings. The first-order valence-electron chi connectivity index (χ1n) is 9.00. The van der Waals surface area contributed by atoms with E-state index in [0.717, 1.165) is 11.3 Å². The van der Waals surface area contributed by atoms with Gasteiger partial charge in [-0.05, 0) is 24.6 Å². The van der Waals surface area contributed by atoms with Crippen LogP contribution in [0.1, 0.15) is 23.7 Å². The zero-order chi connectivity index (χ0) is 19.6. The summed E-state index contributed by atoms with van der Waals surface area (Å²) in [6, 6.07) is 13.2. The SMILES string of the molecule is Cc1noc(CCC(=O)NCc2ccc(OCCOc3ccccc3)nc2)n1. The molecule has 146 valence electrons. The van der Waals surface area contributed by atoms with Gasteiger partial charge in [-0.3, -0.25) is 4.79 Å². The van der Waals surface area contributed by atoms with Gasteiger partial charge in [0.25, 0.3) is 0 Å². The Morgan fingerprint density at radius 2 is 1.93 bits per heavy atom. The molecule has 1 N–H and O–H groups in total. The van der Waals surface area contributed by atoms with Crippen molar-refractivity contribution in [3.05, 3.63) is 65.9 Å². The van der Waals surface area contributed by atoms with Crippen molar-refractivity contribution in [2.45, 2.75) is 26.3 Å². The van der Waals surface area contributed by atoms with Gasteiger partial charge in [0.1, 0.15) is 19.0 Å². The zero-order valence-corrected chi connectivity index (χ0v) is 15.6. The van der Waals surface area contributed by atoms with E-state index in [1.807, 2.05) is 36.4 Å². The number of ether oxygens (including phenoxy) is 2. The second-order valence-corrected chi connectivity index (χ2v) is 6.03. The number of para-hydroxylation sites is 1. The van der Waals surface area contributed by atoms with Crippen LogP contribution in [-0.2, 0) is 17.8 Å². The molecule has 1 amide bonds. The summed E-state index contributed by atoms with van der Waals surface area (Å²) < 4.78 is 16.1. The molecule has 0 aliphatic rings. The highest BCUT2D eigenvalue weighted by Crippen LogP contribution is 2.10. The Balaban J connectivity index is 1.33. The largest absolute Gasteiger partial charge is 0.490 e. The summed E-state index contributed by atoms with van der Waals surface area (Å²) in [5.74, 6) is 2.26. The summed E-state index contributed by atoms with van der Waals surface area (Å²) >= 11 is 0. The number of benzene rings is 1. The van der Waals surface area contributed by atoms with Crippen molar-refractivity contribution >= 4 is 5.91 Å². The lowest BCUT2D eigenvalue weighted by Crippen LogP contribution is -2.23. The molecule has 0 spiro atoms. The van der Waals surface area contributed by atoms with E-state index in [1.54, 1.807) is 19.2 Å². The van der Waals surface area contributed by atoms with Crippen molar-refractivity contribution in [3.8, 4) is 11.6 Å². The van der Waals surface area contributed by atoms with Crippen molar-refractivity contribution in [2.24, 2.45) is 0 Å². The van der Waals surface area contributed by atoms with Gasteiger partial charge in [-0.2, -0.15) is 4.98 Å². The minimum absolute atomic E-state index is 0.0887. The second-order valence-electron chi connectivity index (χ2n) is 6.03. The quantitative estimate of drug-likeness (QED) is 0.538. The highest BCUT2D eigenvalue weighted by Gasteiger charge is 2.07. The molecule has 0 aliphatic heterocycles. The fraction of sp³-hybridized carbons (Fsp3) is 0.300. The van der Waals surface area contributed by atoms with Crippen LogP contribution in [0.2, 0.25) is 0 Å². The van der Waals surface area contributed by atoms with E-state index in [-0.39, 0.29) is 12.3 Å².